The summed E-state index contributed by atoms with van der Waals surface area (Å²) < 4.78 is 1.85. The molecule has 1 aliphatic carbocycles. The van der Waals surface area contributed by atoms with Crippen molar-refractivity contribution in [2.75, 3.05) is 18.5 Å². The summed E-state index contributed by atoms with van der Waals surface area (Å²) in [7, 11) is 0. The van der Waals surface area contributed by atoms with Crippen molar-refractivity contribution in [3.05, 3.63) is 23.5 Å². The van der Waals surface area contributed by atoms with Gasteiger partial charge in [-0.05, 0) is 45.6 Å². The molecule has 2 aromatic heterocycles. The van der Waals surface area contributed by atoms with Gasteiger partial charge >= 0.3 is 5.97 Å². The predicted molar refractivity (Wildman–Crippen MR) is 114 cm³/mol. The summed E-state index contributed by atoms with van der Waals surface area (Å²) in [5.74, 6) is -1.02. The minimum atomic E-state index is -1.20. The first-order chi connectivity index (χ1) is 14.9. The lowest BCUT2D eigenvalue weighted by Gasteiger charge is -2.28. The smallest absolute Gasteiger partial charge is 0.306 e. The number of aliphatic hydroxyl groups is 2. The third-order valence-electron chi connectivity index (χ3n) is 6.26. The van der Waals surface area contributed by atoms with Crippen LogP contribution in [0.25, 0.3) is 16.7 Å². The number of aromatic nitrogens is 3. The number of hydrogen-bond acceptors (Lipinski definition) is 8. The molecule has 3 heterocycles. The summed E-state index contributed by atoms with van der Waals surface area (Å²) in [6.07, 6.45) is 6.16. The lowest BCUT2D eigenvalue weighted by Crippen LogP contribution is -2.37. The summed E-state index contributed by atoms with van der Waals surface area (Å²) in [6.45, 7) is 3.88. The number of anilines is 1. The largest absolute Gasteiger partial charge is 0.481 e. The minimum absolute atomic E-state index is 0.118. The summed E-state index contributed by atoms with van der Waals surface area (Å²) in [5, 5.41) is 37.8. The number of nitrogens with one attached hydrogen (secondary N) is 2. The van der Waals surface area contributed by atoms with Crippen molar-refractivity contribution in [1.29, 1.82) is 0 Å². The van der Waals surface area contributed by atoms with Crippen molar-refractivity contribution < 1.29 is 25.0 Å². The molecule has 2 aromatic rings. The van der Waals surface area contributed by atoms with Crippen molar-refractivity contribution in [3.63, 3.8) is 0 Å². The van der Waals surface area contributed by atoms with E-state index in [9.17, 15) is 20.1 Å². The van der Waals surface area contributed by atoms with Gasteiger partial charge in [0.2, 0.25) is 0 Å². The topological polar surface area (TPSA) is 142 Å². The molecule has 5 N–H and O–H groups in total. The Balaban J connectivity index is 1.75. The van der Waals surface area contributed by atoms with Gasteiger partial charge in [0.25, 0.3) is 0 Å². The Kier molecular flexibility index (Phi) is 5.87. The number of hydrogen-bond donors (Lipinski definition) is 5. The fraction of sp³-hybridized carbons (Fsp3) is 0.571. The maximum Gasteiger partial charge on any atom is 0.306 e. The Hall–Kier alpha value is -2.69. The van der Waals surface area contributed by atoms with Crippen LogP contribution >= 0.6 is 0 Å². The van der Waals surface area contributed by atoms with Crippen LogP contribution in [0.15, 0.2) is 12.3 Å². The Labute approximate surface area is 179 Å². The highest BCUT2D eigenvalue weighted by atomic mass is 16.7. The second-order valence-corrected chi connectivity index (χ2v) is 8.32. The summed E-state index contributed by atoms with van der Waals surface area (Å²) >= 11 is 0. The third-order valence-corrected chi connectivity index (χ3v) is 6.26. The van der Waals surface area contributed by atoms with E-state index >= 15 is 0 Å². The number of pyridine rings is 1. The van der Waals surface area contributed by atoms with Gasteiger partial charge < -0.3 is 20.6 Å². The molecule has 168 valence electrons. The minimum Gasteiger partial charge on any atom is -0.481 e. The third kappa shape index (κ3) is 3.86. The summed E-state index contributed by atoms with van der Waals surface area (Å²) in [4.78, 5) is 21.4. The van der Waals surface area contributed by atoms with E-state index in [4.69, 9.17) is 4.84 Å². The van der Waals surface area contributed by atoms with E-state index < -0.39 is 11.6 Å². The van der Waals surface area contributed by atoms with Crippen molar-refractivity contribution in [1.82, 2.24) is 20.2 Å². The molecular weight excluding hydrogens is 402 g/mol. The Morgan fingerprint density at radius 3 is 2.61 bits per heavy atom. The number of nitrogens with zero attached hydrogens (tertiary/aromatic N) is 3. The average molecular weight is 431 g/mol. The Morgan fingerprint density at radius 2 is 2.03 bits per heavy atom. The van der Waals surface area contributed by atoms with Crippen LogP contribution < -0.4 is 10.8 Å². The zero-order chi connectivity index (χ0) is 22.2. The van der Waals surface area contributed by atoms with Gasteiger partial charge in [0.15, 0.2) is 11.2 Å². The highest BCUT2D eigenvalue weighted by Crippen LogP contribution is 2.37. The first-order valence-corrected chi connectivity index (χ1v) is 10.7. The highest BCUT2D eigenvalue weighted by molar-refractivity contribution is 5.97. The van der Waals surface area contributed by atoms with Gasteiger partial charge in [0, 0.05) is 24.3 Å². The number of rotatable bonds is 7. The molecule has 10 nitrogen and oxygen atoms in total. The highest BCUT2D eigenvalue weighted by Gasteiger charge is 2.36. The molecule has 0 atom stereocenters. The molecule has 0 radical (unpaired) electrons. The standard InChI is InChI=1S/C21H29N5O5/c1-3-26-19-17(12(2)24-26)18(23-14-6-4-13(5-7-14)20(29)30)15(9-22-19)16-8-21(10-27,11-28)31-25-16/h8-9,13-14,25,27-28H,3-7,10-11H2,1-2H3,(H,22,23)(H,29,30). The SMILES string of the molecule is CCn1nc(C)c2c(NC3CCC(C(=O)O)CC3)c(C3=CC(CO)(CO)ON3)cnc21. The molecule has 1 saturated carbocycles. The van der Waals surface area contributed by atoms with Gasteiger partial charge in [-0.3, -0.25) is 15.1 Å². The molecule has 1 fully saturated rings. The average Bonchev–Trinajstić information content (AvgIpc) is 3.36. The zero-order valence-corrected chi connectivity index (χ0v) is 17.8. The number of aliphatic hydroxyl groups excluding tert-OH is 2. The van der Waals surface area contributed by atoms with Crippen molar-refractivity contribution in [2.24, 2.45) is 5.92 Å². The number of aryl methyl sites for hydroxylation is 2. The molecular formula is C21H29N5O5. The van der Waals surface area contributed by atoms with E-state index in [1.54, 1.807) is 12.3 Å². The molecule has 2 aliphatic rings. The van der Waals surface area contributed by atoms with Gasteiger partial charge in [-0.15, -0.1) is 0 Å². The van der Waals surface area contributed by atoms with Gasteiger partial charge in [0.05, 0.1) is 41.6 Å². The lowest BCUT2D eigenvalue weighted by atomic mass is 9.86. The van der Waals surface area contributed by atoms with Crippen LogP contribution in [0.2, 0.25) is 0 Å². The van der Waals surface area contributed by atoms with Crippen molar-refractivity contribution in [2.45, 2.75) is 57.7 Å². The van der Waals surface area contributed by atoms with Crippen LogP contribution in [0, 0.1) is 12.8 Å². The molecule has 0 saturated heterocycles. The van der Waals surface area contributed by atoms with Gasteiger partial charge in [-0.1, -0.05) is 0 Å². The molecule has 31 heavy (non-hydrogen) atoms. The molecule has 0 amide bonds. The van der Waals surface area contributed by atoms with Gasteiger partial charge in [-0.25, -0.2) is 9.67 Å². The van der Waals surface area contributed by atoms with E-state index in [1.807, 2.05) is 18.5 Å². The van der Waals surface area contributed by atoms with Gasteiger partial charge in [0.1, 0.15) is 0 Å². The first-order valence-electron chi connectivity index (χ1n) is 10.7. The first kappa shape index (κ1) is 21.5. The van der Waals surface area contributed by atoms with Crippen LogP contribution in [0.3, 0.4) is 0 Å². The number of fused-ring (bicyclic) bond motifs is 1. The maximum atomic E-state index is 11.3. The molecule has 0 spiro atoms. The van der Waals surface area contributed by atoms with Crippen LogP contribution in [0.5, 0.6) is 0 Å². The lowest BCUT2D eigenvalue weighted by molar-refractivity contribution is -0.142. The second kappa shape index (κ2) is 8.45. The second-order valence-electron chi connectivity index (χ2n) is 8.32. The number of carboxylic acid groups (broad SMARTS) is 1. The van der Waals surface area contributed by atoms with E-state index in [1.165, 1.54) is 0 Å². The quantitative estimate of drug-likeness (QED) is 0.440. The molecule has 10 heteroatoms. The van der Waals surface area contributed by atoms with E-state index in [0.29, 0.717) is 25.1 Å². The van der Waals surface area contributed by atoms with E-state index in [-0.39, 0.29) is 25.2 Å². The molecule has 0 aromatic carbocycles. The molecule has 0 bridgehead atoms. The monoisotopic (exact) mass is 431 g/mol. The van der Waals surface area contributed by atoms with Crippen molar-refractivity contribution in [3.8, 4) is 0 Å². The number of carboxylic acids is 1. The van der Waals surface area contributed by atoms with Crippen LogP contribution in [0.4, 0.5) is 5.69 Å². The van der Waals surface area contributed by atoms with E-state index in [2.05, 4.69) is 20.9 Å². The van der Waals surface area contributed by atoms with Crippen molar-refractivity contribution >= 4 is 28.4 Å². The zero-order valence-electron chi connectivity index (χ0n) is 17.8. The van der Waals surface area contributed by atoms with E-state index in [0.717, 1.165) is 40.8 Å². The normalized spacial score (nSPS) is 22.9. The summed E-state index contributed by atoms with van der Waals surface area (Å²) in [5.41, 5.74) is 5.41. The molecule has 0 unspecified atom stereocenters. The predicted octanol–water partition coefficient (Wildman–Crippen LogP) is 1.41. The van der Waals surface area contributed by atoms with Crippen LogP contribution in [-0.4, -0.2) is 60.9 Å². The number of hydroxylamine groups is 1. The molecule has 1 aliphatic heterocycles. The fourth-order valence-corrected chi connectivity index (χ4v) is 4.40. The Morgan fingerprint density at radius 1 is 1.32 bits per heavy atom. The molecule has 4 rings (SSSR count). The van der Waals surface area contributed by atoms with Crippen LogP contribution in [0.1, 0.15) is 43.9 Å². The Bertz CT molecular complexity index is 1010. The maximum absolute atomic E-state index is 11.3. The number of carbonyl (C=O) groups is 1. The number of aliphatic carboxylic acids is 1. The van der Waals surface area contributed by atoms with Crippen LogP contribution in [-0.2, 0) is 16.2 Å². The van der Waals surface area contributed by atoms with Gasteiger partial charge in [-0.2, -0.15) is 5.10 Å². The summed E-state index contributed by atoms with van der Waals surface area (Å²) in [6, 6.07) is 0.118. The fourth-order valence-electron chi connectivity index (χ4n) is 4.40.